The van der Waals surface area contributed by atoms with Crippen molar-refractivity contribution in [3.8, 4) is 22.3 Å². The Kier molecular flexibility index (Phi) is 6.39. The van der Waals surface area contributed by atoms with Gasteiger partial charge in [-0.15, -0.1) is 11.3 Å². The molecule has 230 valence electrons. The second kappa shape index (κ2) is 11.2. The van der Waals surface area contributed by atoms with Gasteiger partial charge in [0.05, 0.1) is 5.69 Å². The van der Waals surface area contributed by atoms with Gasteiger partial charge in [-0.2, -0.15) is 0 Å². The molecule has 0 radical (unpaired) electrons. The van der Waals surface area contributed by atoms with Crippen LogP contribution in [-0.4, -0.2) is 0 Å². The molecule has 0 aliphatic rings. The van der Waals surface area contributed by atoms with E-state index < -0.39 is 0 Å². The highest BCUT2D eigenvalue weighted by Gasteiger charge is 2.21. The van der Waals surface area contributed by atoms with Gasteiger partial charge in [-0.3, -0.25) is 0 Å². The summed E-state index contributed by atoms with van der Waals surface area (Å²) >= 11 is 1.85. The smallest absolute Gasteiger partial charge is 0.136 e. The molecule has 8 aromatic carbocycles. The summed E-state index contributed by atoms with van der Waals surface area (Å²) in [5, 5.41) is 7.36. The highest BCUT2D eigenvalue weighted by Crippen LogP contribution is 2.46. The lowest BCUT2D eigenvalue weighted by molar-refractivity contribution is 0.669. The summed E-state index contributed by atoms with van der Waals surface area (Å²) in [5.41, 5.74) is 9.86. The third kappa shape index (κ3) is 4.55. The van der Waals surface area contributed by atoms with E-state index in [1.54, 1.807) is 0 Å². The molecule has 0 aliphatic carbocycles. The molecule has 0 N–H and O–H groups in total. The Hall–Kier alpha value is -6.16. The molecule has 0 spiro atoms. The maximum Gasteiger partial charge on any atom is 0.136 e. The molecule has 2 aromatic heterocycles. The van der Waals surface area contributed by atoms with Crippen LogP contribution in [0.3, 0.4) is 0 Å². The third-order valence-electron chi connectivity index (χ3n) is 9.68. The highest BCUT2D eigenvalue weighted by molar-refractivity contribution is 7.25. The number of anilines is 3. The summed E-state index contributed by atoms with van der Waals surface area (Å²) in [6, 6.07) is 63.3. The number of hydrogen-bond donors (Lipinski definition) is 0. The van der Waals surface area contributed by atoms with Crippen LogP contribution in [0.25, 0.3) is 75.1 Å². The first-order chi connectivity index (χ1) is 24.3. The van der Waals surface area contributed by atoms with Gasteiger partial charge in [0.15, 0.2) is 0 Å². The second-order valence-corrected chi connectivity index (χ2v) is 13.6. The van der Waals surface area contributed by atoms with Crippen molar-refractivity contribution in [1.82, 2.24) is 0 Å². The van der Waals surface area contributed by atoms with Crippen LogP contribution in [0.2, 0.25) is 0 Å². The van der Waals surface area contributed by atoms with Crippen molar-refractivity contribution >= 4 is 81.3 Å². The minimum Gasteiger partial charge on any atom is -0.456 e. The van der Waals surface area contributed by atoms with Gasteiger partial charge in [0, 0.05) is 47.9 Å². The number of para-hydroxylation sites is 2. The van der Waals surface area contributed by atoms with E-state index in [0.29, 0.717) is 0 Å². The second-order valence-electron chi connectivity index (χ2n) is 12.5. The van der Waals surface area contributed by atoms with Crippen LogP contribution in [0.4, 0.5) is 17.1 Å². The first kappa shape index (κ1) is 27.9. The van der Waals surface area contributed by atoms with Crippen molar-refractivity contribution in [2.24, 2.45) is 0 Å². The lowest BCUT2D eigenvalue weighted by Gasteiger charge is -2.28. The van der Waals surface area contributed by atoms with Crippen molar-refractivity contribution in [3.63, 3.8) is 0 Å². The minimum absolute atomic E-state index is 0.895. The summed E-state index contributed by atoms with van der Waals surface area (Å²) in [5.74, 6) is 0. The molecule has 0 bridgehead atoms. The Bertz CT molecular complexity index is 2840. The summed E-state index contributed by atoms with van der Waals surface area (Å²) < 4.78 is 8.91. The average Bonchev–Trinajstić information content (AvgIpc) is 3.73. The van der Waals surface area contributed by atoms with Crippen molar-refractivity contribution in [1.29, 1.82) is 0 Å². The summed E-state index contributed by atoms with van der Waals surface area (Å²) in [7, 11) is 0. The fraction of sp³-hybridized carbons (Fsp3) is 0. The quantitative estimate of drug-likeness (QED) is 0.186. The van der Waals surface area contributed by atoms with Crippen molar-refractivity contribution in [2.45, 2.75) is 0 Å². The lowest BCUT2D eigenvalue weighted by atomic mass is 9.96. The van der Waals surface area contributed by atoms with Gasteiger partial charge in [-0.1, -0.05) is 127 Å². The molecule has 10 rings (SSSR count). The molecule has 0 aliphatic heterocycles. The maximum atomic E-state index is 6.33. The monoisotopic (exact) mass is 643 g/mol. The van der Waals surface area contributed by atoms with Crippen LogP contribution in [0.15, 0.2) is 180 Å². The van der Waals surface area contributed by atoms with Crippen LogP contribution in [0, 0.1) is 0 Å². The Morgan fingerprint density at radius 2 is 1.04 bits per heavy atom. The predicted molar refractivity (Wildman–Crippen MR) is 210 cm³/mol. The summed E-state index contributed by atoms with van der Waals surface area (Å²) in [6.45, 7) is 0. The molecule has 2 nitrogen and oxygen atoms in total. The fourth-order valence-electron chi connectivity index (χ4n) is 7.44. The van der Waals surface area contributed by atoms with E-state index in [9.17, 15) is 0 Å². The van der Waals surface area contributed by atoms with E-state index in [1.807, 2.05) is 17.4 Å². The van der Waals surface area contributed by atoms with Gasteiger partial charge in [-0.05, 0) is 76.0 Å². The van der Waals surface area contributed by atoms with Crippen LogP contribution in [0.5, 0.6) is 0 Å². The first-order valence-corrected chi connectivity index (χ1v) is 17.4. The molecule has 10 aromatic rings. The van der Waals surface area contributed by atoms with Gasteiger partial charge in [0.25, 0.3) is 0 Å². The number of benzene rings is 8. The Balaban J connectivity index is 1.19. The van der Waals surface area contributed by atoms with Crippen molar-refractivity contribution in [3.05, 3.63) is 176 Å². The van der Waals surface area contributed by atoms with E-state index in [4.69, 9.17) is 4.42 Å². The van der Waals surface area contributed by atoms with Crippen LogP contribution >= 0.6 is 11.3 Å². The molecule has 0 saturated carbocycles. The molecular weight excluding hydrogens is 615 g/mol. The average molecular weight is 644 g/mol. The Morgan fingerprint density at radius 3 is 1.96 bits per heavy atom. The SMILES string of the molecule is c1ccc(N(c2ccc(-c3cccc4ccccc34)cc2)c2ccc3c(c2)sc2ccccc23)c(-c2cccc3oc4ccccc4c23)c1. The summed E-state index contributed by atoms with van der Waals surface area (Å²) in [4.78, 5) is 2.41. The molecule has 0 amide bonds. The molecule has 3 heteroatoms. The number of fused-ring (bicyclic) bond motifs is 7. The van der Waals surface area contributed by atoms with Gasteiger partial charge < -0.3 is 9.32 Å². The minimum atomic E-state index is 0.895. The number of rotatable bonds is 5. The van der Waals surface area contributed by atoms with E-state index in [-0.39, 0.29) is 0 Å². The lowest BCUT2D eigenvalue weighted by Crippen LogP contribution is -2.11. The first-order valence-electron chi connectivity index (χ1n) is 16.6. The molecule has 49 heavy (non-hydrogen) atoms. The number of thiophene rings is 1. The molecule has 0 saturated heterocycles. The largest absolute Gasteiger partial charge is 0.456 e. The van der Waals surface area contributed by atoms with Crippen molar-refractivity contribution in [2.75, 3.05) is 4.90 Å². The van der Waals surface area contributed by atoms with E-state index in [2.05, 4.69) is 175 Å². The molecule has 2 heterocycles. The fourth-order valence-corrected chi connectivity index (χ4v) is 8.58. The number of furan rings is 1. The van der Waals surface area contributed by atoms with Gasteiger partial charge in [-0.25, -0.2) is 0 Å². The topological polar surface area (TPSA) is 16.4 Å². The van der Waals surface area contributed by atoms with E-state index in [0.717, 1.165) is 50.1 Å². The molecule has 0 fully saturated rings. The van der Waals surface area contributed by atoms with Gasteiger partial charge in [0.1, 0.15) is 11.2 Å². The normalized spacial score (nSPS) is 11.7. The van der Waals surface area contributed by atoms with Crippen LogP contribution < -0.4 is 4.90 Å². The third-order valence-corrected chi connectivity index (χ3v) is 10.8. The predicted octanol–water partition coefficient (Wildman–Crippen LogP) is 13.9. The molecular formula is C46H29NOS. The molecule has 0 atom stereocenters. The van der Waals surface area contributed by atoms with Gasteiger partial charge in [0.2, 0.25) is 0 Å². The summed E-state index contributed by atoms with van der Waals surface area (Å²) in [6.07, 6.45) is 0. The van der Waals surface area contributed by atoms with Crippen molar-refractivity contribution < 1.29 is 4.42 Å². The van der Waals surface area contributed by atoms with E-state index in [1.165, 1.54) is 42.1 Å². The maximum absolute atomic E-state index is 6.33. The number of nitrogens with zero attached hydrogens (tertiary/aromatic N) is 1. The van der Waals surface area contributed by atoms with E-state index >= 15 is 0 Å². The Morgan fingerprint density at radius 1 is 0.408 bits per heavy atom. The zero-order valence-electron chi connectivity index (χ0n) is 26.5. The standard InChI is InChI=1S/C46H29NOS/c1-2-13-34-30(11-1)12-9-17-35(34)31-23-25-32(26-24-31)47(33-27-28-38-37-15-5-8-22-44(37)49-45(38)29-33)41-19-6-3-14-36(41)39-18-10-21-43-46(39)40-16-4-7-20-42(40)48-43/h1-29H. The zero-order chi connectivity index (χ0) is 32.3. The molecule has 0 unspecified atom stereocenters. The van der Waals surface area contributed by atoms with Crippen LogP contribution in [0.1, 0.15) is 0 Å². The Labute approximate surface area is 287 Å². The highest BCUT2D eigenvalue weighted by atomic mass is 32.1. The van der Waals surface area contributed by atoms with Crippen LogP contribution in [-0.2, 0) is 0 Å². The zero-order valence-corrected chi connectivity index (χ0v) is 27.3. The number of hydrogen-bond acceptors (Lipinski definition) is 3. The van der Waals surface area contributed by atoms with Gasteiger partial charge >= 0.3 is 0 Å².